The van der Waals surface area contributed by atoms with Gasteiger partial charge in [0.25, 0.3) is 0 Å². The molecule has 0 N–H and O–H groups in total. The molecule has 0 spiro atoms. The smallest absolute Gasteiger partial charge is 0.0241 e. The van der Waals surface area contributed by atoms with Gasteiger partial charge >= 0.3 is 0 Å². The monoisotopic (exact) mass is 220 g/mol. The molecule has 0 aromatic carbocycles. The molecule has 0 aliphatic heterocycles. The fraction of sp³-hybridized carbons (Fsp3) is 1.00. The fourth-order valence-corrected chi connectivity index (χ4v) is 6.03. The van der Waals surface area contributed by atoms with Crippen LogP contribution in [0.1, 0.15) is 65.7 Å². The van der Waals surface area contributed by atoms with E-state index in [2.05, 4.69) is 20.8 Å². The highest BCUT2D eigenvalue weighted by Crippen LogP contribution is 2.65. The Morgan fingerprint density at radius 3 is 1.69 bits per heavy atom. The van der Waals surface area contributed by atoms with Crippen molar-refractivity contribution in [2.75, 3.05) is 0 Å². The minimum Gasteiger partial charge on any atom is -0.0651 e. The van der Waals surface area contributed by atoms with E-state index in [1.807, 2.05) is 0 Å². The van der Waals surface area contributed by atoms with Crippen molar-refractivity contribution in [2.24, 2.45) is 35.0 Å². The molecule has 0 amide bonds. The summed E-state index contributed by atoms with van der Waals surface area (Å²) in [5.74, 6) is 5.44. The van der Waals surface area contributed by atoms with E-state index >= 15 is 0 Å². The van der Waals surface area contributed by atoms with E-state index in [4.69, 9.17) is 0 Å². The van der Waals surface area contributed by atoms with Crippen LogP contribution in [0.4, 0.5) is 0 Å². The summed E-state index contributed by atoms with van der Waals surface area (Å²) in [4.78, 5) is 0. The summed E-state index contributed by atoms with van der Waals surface area (Å²) in [7, 11) is 0. The van der Waals surface area contributed by atoms with Crippen molar-refractivity contribution in [3.63, 3.8) is 0 Å². The zero-order valence-electron chi connectivity index (χ0n) is 11.3. The van der Waals surface area contributed by atoms with E-state index in [0.717, 1.165) is 35.0 Å². The first-order chi connectivity index (χ1) is 7.68. The lowest BCUT2D eigenvalue weighted by molar-refractivity contribution is -0.131. The van der Waals surface area contributed by atoms with Gasteiger partial charge in [-0.2, -0.15) is 0 Å². The Hall–Kier alpha value is 0. The van der Waals surface area contributed by atoms with E-state index in [1.54, 1.807) is 32.1 Å². The lowest BCUT2D eigenvalue weighted by Gasteiger charge is -2.63. The van der Waals surface area contributed by atoms with Gasteiger partial charge in [0.05, 0.1) is 0 Å². The van der Waals surface area contributed by atoms with Gasteiger partial charge < -0.3 is 0 Å². The molecular weight excluding hydrogens is 192 g/mol. The van der Waals surface area contributed by atoms with Crippen LogP contribution >= 0.6 is 0 Å². The summed E-state index contributed by atoms with van der Waals surface area (Å²) in [6.45, 7) is 7.51. The predicted molar refractivity (Wildman–Crippen MR) is 69.2 cm³/mol. The summed E-state index contributed by atoms with van der Waals surface area (Å²) >= 11 is 0. The Balaban J connectivity index is 1.89. The molecular formula is C16H28. The maximum atomic E-state index is 2.66. The molecule has 0 nitrogen and oxygen atoms in total. The zero-order valence-corrected chi connectivity index (χ0v) is 11.3. The first kappa shape index (κ1) is 11.1. The lowest BCUT2D eigenvalue weighted by atomic mass is 9.42. The number of rotatable bonds is 3. The average molecular weight is 220 g/mol. The molecule has 0 saturated heterocycles. The van der Waals surface area contributed by atoms with E-state index < -0.39 is 0 Å². The predicted octanol–water partition coefficient (Wildman–Crippen LogP) is 4.89. The minimum absolute atomic E-state index is 0.719. The van der Waals surface area contributed by atoms with Crippen LogP contribution in [0, 0.1) is 35.0 Å². The molecule has 4 rings (SSSR count). The third-order valence-electron chi connectivity index (χ3n) is 6.76. The highest BCUT2D eigenvalue weighted by molar-refractivity contribution is 5.06. The summed E-state index contributed by atoms with van der Waals surface area (Å²) in [5.41, 5.74) is 0.719. The van der Waals surface area contributed by atoms with Crippen LogP contribution in [-0.2, 0) is 0 Å². The molecule has 0 atom stereocenters. The first-order valence-electron chi connectivity index (χ1n) is 7.68. The summed E-state index contributed by atoms with van der Waals surface area (Å²) in [5, 5.41) is 0. The van der Waals surface area contributed by atoms with Crippen LogP contribution in [0.25, 0.3) is 0 Å². The molecule has 4 aliphatic rings. The van der Waals surface area contributed by atoms with Crippen molar-refractivity contribution in [3.8, 4) is 0 Å². The highest BCUT2D eigenvalue weighted by atomic mass is 14.6. The molecule has 16 heavy (non-hydrogen) atoms. The molecule has 0 heteroatoms. The van der Waals surface area contributed by atoms with Crippen molar-refractivity contribution < 1.29 is 0 Å². The van der Waals surface area contributed by atoms with Gasteiger partial charge in [-0.05, 0) is 67.1 Å². The Kier molecular flexibility index (Phi) is 2.60. The molecule has 4 saturated carbocycles. The Morgan fingerprint density at radius 1 is 0.875 bits per heavy atom. The number of hydrogen-bond donors (Lipinski definition) is 0. The Bertz CT molecular complexity index is 233. The molecule has 92 valence electrons. The van der Waals surface area contributed by atoms with E-state index in [0.29, 0.717) is 0 Å². The van der Waals surface area contributed by atoms with Crippen LogP contribution in [0.15, 0.2) is 0 Å². The second-order valence-electron chi connectivity index (χ2n) is 7.18. The Morgan fingerprint density at radius 2 is 1.31 bits per heavy atom. The third-order valence-corrected chi connectivity index (χ3v) is 6.76. The van der Waals surface area contributed by atoms with Gasteiger partial charge in [0.1, 0.15) is 0 Å². The largest absolute Gasteiger partial charge is 0.0651 e. The second kappa shape index (κ2) is 3.75. The zero-order chi connectivity index (χ0) is 11.3. The van der Waals surface area contributed by atoms with Gasteiger partial charge in [0.2, 0.25) is 0 Å². The molecule has 4 bridgehead atoms. The minimum atomic E-state index is 0.719. The highest BCUT2D eigenvalue weighted by Gasteiger charge is 2.56. The topological polar surface area (TPSA) is 0 Å². The maximum Gasteiger partial charge on any atom is -0.0241 e. The van der Waals surface area contributed by atoms with Crippen LogP contribution in [0.2, 0.25) is 0 Å². The van der Waals surface area contributed by atoms with Gasteiger partial charge in [0.15, 0.2) is 0 Å². The quantitative estimate of drug-likeness (QED) is 0.635. The summed E-state index contributed by atoms with van der Waals surface area (Å²) in [6, 6.07) is 0. The summed E-state index contributed by atoms with van der Waals surface area (Å²) in [6.07, 6.45) is 10.7. The standard InChI is InChI=1S/C16H28/c1-4-13(5-2)16(3)14-7-11-6-12(9-14)10-15(16)8-11/h11-15H,4-10H2,1-3H3. The van der Waals surface area contributed by atoms with Crippen LogP contribution in [-0.4, -0.2) is 0 Å². The van der Waals surface area contributed by atoms with E-state index in [-0.39, 0.29) is 0 Å². The first-order valence-corrected chi connectivity index (χ1v) is 7.68. The molecule has 4 aliphatic carbocycles. The average Bonchev–Trinajstić information content (AvgIpc) is 2.26. The van der Waals surface area contributed by atoms with Gasteiger partial charge in [-0.3, -0.25) is 0 Å². The second-order valence-corrected chi connectivity index (χ2v) is 7.18. The summed E-state index contributed by atoms with van der Waals surface area (Å²) < 4.78 is 0. The van der Waals surface area contributed by atoms with Crippen molar-refractivity contribution in [1.82, 2.24) is 0 Å². The van der Waals surface area contributed by atoms with Crippen LogP contribution in [0.3, 0.4) is 0 Å². The molecule has 0 radical (unpaired) electrons. The molecule has 0 heterocycles. The normalized spacial score (nSPS) is 50.2. The van der Waals surface area contributed by atoms with Crippen LogP contribution in [0.5, 0.6) is 0 Å². The third kappa shape index (κ3) is 1.34. The van der Waals surface area contributed by atoms with Crippen molar-refractivity contribution in [1.29, 1.82) is 0 Å². The van der Waals surface area contributed by atoms with Gasteiger partial charge in [-0.1, -0.05) is 33.6 Å². The van der Waals surface area contributed by atoms with Crippen molar-refractivity contribution in [3.05, 3.63) is 0 Å². The maximum absolute atomic E-state index is 2.66. The molecule has 0 aromatic rings. The molecule has 4 fully saturated rings. The molecule has 0 unspecified atom stereocenters. The SMILES string of the molecule is CCC(CC)C1(C)C2CC3CC(C2)CC1C3. The fourth-order valence-electron chi connectivity index (χ4n) is 6.03. The van der Waals surface area contributed by atoms with Crippen molar-refractivity contribution >= 4 is 0 Å². The van der Waals surface area contributed by atoms with Crippen molar-refractivity contribution in [2.45, 2.75) is 65.7 Å². The lowest BCUT2D eigenvalue weighted by Crippen LogP contribution is -2.54. The van der Waals surface area contributed by atoms with E-state index in [1.165, 1.54) is 12.8 Å². The van der Waals surface area contributed by atoms with Gasteiger partial charge in [0, 0.05) is 0 Å². The van der Waals surface area contributed by atoms with E-state index in [9.17, 15) is 0 Å². The number of hydrogen-bond acceptors (Lipinski definition) is 0. The van der Waals surface area contributed by atoms with Crippen LogP contribution < -0.4 is 0 Å². The Labute approximate surface area is 101 Å². The van der Waals surface area contributed by atoms with Gasteiger partial charge in [-0.15, -0.1) is 0 Å². The van der Waals surface area contributed by atoms with Gasteiger partial charge in [-0.25, -0.2) is 0 Å². The molecule has 0 aromatic heterocycles.